The number of aliphatic imine (C=N–C) groups is 1. The molecule has 4 aromatic carbocycles. The molecule has 0 bridgehead atoms. The second-order valence-electron chi connectivity index (χ2n) is 12.8. The molecule has 4 nitrogen and oxygen atoms in total. The Bertz CT molecular complexity index is 2020. The van der Waals surface area contributed by atoms with E-state index in [9.17, 15) is 0 Å². The minimum Gasteiger partial charge on any atom is -0.309 e. The van der Waals surface area contributed by atoms with Gasteiger partial charge in [0.15, 0.2) is 0 Å². The zero-order valence-electron chi connectivity index (χ0n) is 23.9. The standard InChI is InChI=1S/C37H32N4/c1-36(2)27-14-6-8-17-31(27)40-30-21-20-23(22-25(30)24-12-11-15-28(36)34(24)40)39-32-18-9-10-19-33(32)41-35(39)38-29-16-7-5-13-26(29)37(41,3)4/h5-10,13-22H,11-12H2,1-4H3. The highest BCUT2D eigenvalue weighted by Gasteiger charge is 2.46. The molecule has 1 aliphatic carbocycles. The third-order valence-corrected chi connectivity index (χ3v) is 9.91. The first kappa shape index (κ1) is 23.2. The van der Waals surface area contributed by atoms with Crippen LogP contribution in [0.5, 0.6) is 0 Å². The molecule has 4 heteroatoms. The van der Waals surface area contributed by atoms with E-state index in [1.165, 1.54) is 55.9 Å². The molecule has 0 amide bonds. The van der Waals surface area contributed by atoms with Crippen molar-refractivity contribution in [1.29, 1.82) is 0 Å². The fraction of sp³-hybridized carbons (Fsp3) is 0.216. The SMILES string of the molecule is CC1(C)C2=CCCc3c2n(c2ccc(N4C5=Nc6ccccc6C(C)(C)N5c5ccccc54)cc32)-c2ccccc21. The van der Waals surface area contributed by atoms with E-state index >= 15 is 0 Å². The summed E-state index contributed by atoms with van der Waals surface area (Å²) in [4.78, 5) is 10.1. The summed E-state index contributed by atoms with van der Waals surface area (Å²) in [6.45, 7) is 9.39. The molecule has 200 valence electrons. The van der Waals surface area contributed by atoms with Crippen molar-refractivity contribution in [3.63, 3.8) is 0 Å². The Labute approximate surface area is 240 Å². The van der Waals surface area contributed by atoms with Gasteiger partial charge in [-0.2, -0.15) is 0 Å². The molecule has 0 fully saturated rings. The third-order valence-electron chi connectivity index (χ3n) is 9.91. The molecule has 5 aromatic rings. The normalized spacial score (nSPS) is 18.6. The number of para-hydroxylation sites is 4. The van der Waals surface area contributed by atoms with Gasteiger partial charge in [0.2, 0.25) is 5.96 Å². The van der Waals surface area contributed by atoms with Crippen LogP contribution in [0.4, 0.5) is 22.7 Å². The van der Waals surface area contributed by atoms with Gasteiger partial charge in [-0.1, -0.05) is 68.5 Å². The monoisotopic (exact) mass is 532 g/mol. The number of anilines is 3. The van der Waals surface area contributed by atoms with Crippen LogP contribution in [0.1, 0.15) is 56.5 Å². The first-order chi connectivity index (χ1) is 19.9. The van der Waals surface area contributed by atoms with Gasteiger partial charge in [0.1, 0.15) is 0 Å². The van der Waals surface area contributed by atoms with Crippen molar-refractivity contribution in [2.24, 2.45) is 4.99 Å². The van der Waals surface area contributed by atoms with Crippen LogP contribution in [-0.4, -0.2) is 10.5 Å². The van der Waals surface area contributed by atoms with Crippen molar-refractivity contribution < 1.29 is 0 Å². The number of allylic oxidation sites excluding steroid dienone is 2. The molecule has 0 saturated carbocycles. The van der Waals surface area contributed by atoms with E-state index in [0.29, 0.717) is 0 Å². The Morgan fingerprint density at radius 2 is 1.44 bits per heavy atom. The molecule has 0 radical (unpaired) electrons. The maximum absolute atomic E-state index is 5.29. The largest absolute Gasteiger partial charge is 0.309 e. The number of benzene rings is 4. The summed E-state index contributed by atoms with van der Waals surface area (Å²) in [6.07, 6.45) is 4.63. The van der Waals surface area contributed by atoms with E-state index in [0.717, 1.165) is 30.2 Å². The molecule has 1 aromatic heterocycles. The topological polar surface area (TPSA) is 23.8 Å². The lowest BCUT2D eigenvalue weighted by molar-refractivity contribution is 0.543. The van der Waals surface area contributed by atoms with Crippen LogP contribution in [0.3, 0.4) is 0 Å². The zero-order valence-corrected chi connectivity index (χ0v) is 23.9. The van der Waals surface area contributed by atoms with Gasteiger partial charge in [0.25, 0.3) is 0 Å². The summed E-state index contributed by atoms with van der Waals surface area (Å²) in [6, 6.07) is 33.3. The van der Waals surface area contributed by atoms with Crippen LogP contribution in [0.2, 0.25) is 0 Å². The van der Waals surface area contributed by atoms with Gasteiger partial charge >= 0.3 is 0 Å². The number of rotatable bonds is 1. The average Bonchev–Trinajstić information content (AvgIpc) is 3.49. The quantitative estimate of drug-likeness (QED) is 0.215. The minimum atomic E-state index is -0.237. The van der Waals surface area contributed by atoms with Crippen LogP contribution >= 0.6 is 0 Å². The van der Waals surface area contributed by atoms with Crippen molar-refractivity contribution in [1.82, 2.24) is 4.57 Å². The maximum Gasteiger partial charge on any atom is 0.216 e. The summed E-state index contributed by atoms with van der Waals surface area (Å²) >= 11 is 0. The second-order valence-corrected chi connectivity index (χ2v) is 12.8. The third kappa shape index (κ3) is 2.78. The molecule has 0 atom stereocenters. The molecule has 0 N–H and O–H groups in total. The Kier molecular flexibility index (Phi) is 4.28. The number of nitrogens with zero attached hydrogens (tertiary/aromatic N) is 4. The Hall–Kier alpha value is -4.57. The van der Waals surface area contributed by atoms with Crippen molar-refractivity contribution in [3.05, 3.63) is 119 Å². The highest BCUT2D eigenvalue weighted by atomic mass is 15.5. The molecule has 0 unspecified atom stereocenters. The lowest BCUT2D eigenvalue weighted by Gasteiger charge is -2.41. The summed E-state index contributed by atoms with van der Waals surface area (Å²) < 4.78 is 2.53. The Balaban J connectivity index is 1.31. The molecule has 0 saturated heterocycles. The van der Waals surface area contributed by atoms with Crippen molar-refractivity contribution >= 4 is 45.2 Å². The number of hydrogen-bond acceptors (Lipinski definition) is 3. The number of guanidine groups is 1. The lowest BCUT2D eigenvalue weighted by atomic mass is 9.71. The number of aryl methyl sites for hydroxylation is 1. The van der Waals surface area contributed by atoms with Crippen LogP contribution < -0.4 is 9.80 Å². The van der Waals surface area contributed by atoms with E-state index < -0.39 is 0 Å². The smallest absolute Gasteiger partial charge is 0.216 e. The summed E-state index contributed by atoms with van der Waals surface area (Å²) in [5.74, 6) is 0.971. The number of fused-ring (bicyclic) bond motifs is 9. The van der Waals surface area contributed by atoms with Crippen LogP contribution in [0.15, 0.2) is 102 Å². The van der Waals surface area contributed by atoms with Gasteiger partial charge < -0.3 is 4.57 Å². The van der Waals surface area contributed by atoms with Crippen LogP contribution in [-0.2, 0) is 17.4 Å². The van der Waals surface area contributed by atoms with E-state index in [2.05, 4.69) is 139 Å². The van der Waals surface area contributed by atoms with E-state index in [4.69, 9.17) is 4.99 Å². The van der Waals surface area contributed by atoms with Crippen LogP contribution in [0.25, 0.3) is 22.2 Å². The summed E-state index contributed by atoms with van der Waals surface area (Å²) in [7, 11) is 0. The predicted octanol–water partition coefficient (Wildman–Crippen LogP) is 9.15. The molecule has 4 heterocycles. The van der Waals surface area contributed by atoms with E-state index in [-0.39, 0.29) is 11.0 Å². The van der Waals surface area contributed by atoms with Crippen LogP contribution in [0, 0.1) is 0 Å². The maximum atomic E-state index is 5.29. The summed E-state index contributed by atoms with van der Waals surface area (Å²) in [5, 5.41) is 1.35. The zero-order chi connectivity index (χ0) is 27.7. The van der Waals surface area contributed by atoms with Gasteiger partial charge in [-0.05, 0) is 85.9 Å². The molecule has 3 aliphatic heterocycles. The summed E-state index contributed by atoms with van der Waals surface area (Å²) in [5.41, 5.74) is 13.9. The number of hydrogen-bond donors (Lipinski definition) is 0. The second kappa shape index (κ2) is 7.58. The Morgan fingerprint density at radius 3 is 2.27 bits per heavy atom. The lowest BCUT2D eigenvalue weighted by Crippen LogP contribution is -2.49. The molecular formula is C37H32N4. The van der Waals surface area contributed by atoms with Crippen molar-refractivity contribution in [2.45, 2.75) is 51.5 Å². The first-order valence-corrected chi connectivity index (χ1v) is 14.7. The molecule has 41 heavy (non-hydrogen) atoms. The highest BCUT2D eigenvalue weighted by Crippen LogP contribution is 2.54. The average molecular weight is 533 g/mol. The van der Waals surface area contributed by atoms with Gasteiger partial charge in [-0.3, -0.25) is 9.80 Å². The van der Waals surface area contributed by atoms with Gasteiger partial charge in [-0.15, -0.1) is 0 Å². The molecule has 4 aliphatic rings. The first-order valence-electron chi connectivity index (χ1n) is 14.7. The van der Waals surface area contributed by atoms with Crippen molar-refractivity contribution in [3.8, 4) is 5.69 Å². The number of aromatic nitrogens is 1. The Morgan fingerprint density at radius 1 is 0.732 bits per heavy atom. The van der Waals surface area contributed by atoms with Gasteiger partial charge in [-0.25, -0.2) is 4.99 Å². The molecule has 0 spiro atoms. The molecular weight excluding hydrogens is 500 g/mol. The molecule has 9 rings (SSSR count). The fourth-order valence-electron chi connectivity index (χ4n) is 8.00. The van der Waals surface area contributed by atoms with Gasteiger partial charge in [0.05, 0.1) is 39.5 Å². The van der Waals surface area contributed by atoms with E-state index in [1.807, 2.05) is 0 Å². The fourth-order valence-corrected chi connectivity index (χ4v) is 8.00. The van der Waals surface area contributed by atoms with Gasteiger partial charge in [0, 0.05) is 22.1 Å². The van der Waals surface area contributed by atoms with Crippen molar-refractivity contribution in [2.75, 3.05) is 9.80 Å². The van der Waals surface area contributed by atoms with E-state index in [1.54, 1.807) is 0 Å². The predicted molar refractivity (Wildman–Crippen MR) is 170 cm³/mol. The highest BCUT2D eigenvalue weighted by molar-refractivity contribution is 6.22. The minimum absolute atomic E-state index is 0.0246.